The van der Waals surface area contributed by atoms with Crippen molar-refractivity contribution in [2.24, 2.45) is 5.41 Å². The minimum absolute atomic E-state index is 0.0256. The van der Waals surface area contributed by atoms with Gasteiger partial charge in [-0.1, -0.05) is 20.8 Å². The Morgan fingerprint density at radius 1 is 1.31 bits per heavy atom. The van der Waals surface area contributed by atoms with Gasteiger partial charge >= 0.3 is 5.97 Å². The Morgan fingerprint density at radius 3 is 2.19 bits per heavy atom. The van der Waals surface area contributed by atoms with E-state index in [-0.39, 0.29) is 23.0 Å². The van der Waals surface area contributed by atoms with E-state index in [0.717, 1.165) is 19.4 Å². The zero-order valence-electron chi connectivity index (χ0n) is 11.5. The number of methoxy groups -OCH3 is 1. The molecular formula is C13H25NO2. The van der Waals surface area contributed by atoms with Crippen molar-refractivity contribution in [3.05, 3.63) is 0 Å². The maximum absolute atomic E-state index is 11.6. The fourth-order valence-corrected chi connectivity index (χ4v) is 2.89. The van der Waals surface area contributed by atoms with Crippen LogP contribution in [-0.4, -0.2) is 36.1 Å². The molecule has 1 heterocycles. The topological polar surface area (TPSA) is 29.5 Å². The molecule has 1 saturated heterocycles. The Balaban J connectivity index is 2.66. The lowest BCUT2D eigenvalue weighted by atomic mass is 9.78. The molecule has 0 aromatic heterocycles. The van der Waals surface area contributed by atoms with E-state index in [1.54, 1.807) is 0 Å². The molecule has 1 aliphatic heterocycles. The monoisotopic (exact) mass is 227 g/mol. The van der Waals surface area contributed by atoms with Crippen LogP contribution >= 0.6 is 0 Å². The summed E-state index contributed by atoms with van der Waals surface area (Å²) in [6, 6.07) is -0.0256. The van der Waals surface area contributed by atoms with E-state index < -0.39 is 0 Å². The lowest BCUT2D eigenvalue weighted by Gasteiger charge is -2.51. The molecule has 0 radical (unpaired) electrons. The third-order valence-corrected chi connectivity index (χ3v) is 3.23. The van der Waals surface area contributed by atoms with Crippen LogP contribution in [0.15, 0.2) is 0 Å². The molecule has 1 unspecified atom stereocenters. The minimum atomic E-state index is -0.0896. The molecule has 16 heavy (non-hydrogen) atoms. The van der Waals surface area contributed by atoms with Crippen molar-refractivity contribution in [3.8, 4) is 0 Å². The van der Waals surface area contributed by atoms with Crippen LogP contribution in [0.25, 0.3) is 0 Å². The molecule has 0 aromatic rings. The van der Waals surface area contributed by atoms with Gasteiger partial charge in [-0.25, -0.2) is 0 Å². The Kier molecular flexibility index (Phi) is 3.68. The van der Waals surface area contributed by atoms with Gasteiger partial charge in [0.05, 0.1) is 7.11 Å². The van der Waals surface area contributed by atoms with Crippen LogP contribution in [0.2, 0.25) is 0 Å². The summed E-state index contributed by atoms with van der Waals surface area (Å²) in [5.74, 6) is -0.0896. The number of hydrogen-bond donors (Lipinski definition) is 0. The Hall–Kier alpha value is -0.570. The van der Waals surface area contributed by atoms with Crippen molar-refractivity contribution in [1.82, 2.24) is 4.90 Å². The summed E-state index contributed by atoms with van der Waals surface area (Å²) in [5, 5.41) is 0. The predicted octanol–water partition coefficient (Wildman–Crippen LogP) is 2.45. The second kappa shape index (κ2) is 4.36. The summed E-state index contributed by atoms with van der Waals surface area (Å²) in [6.45, 7) is 12.1. The first-order valence-electron chi connectivity index (χ1n) is 6.02. The third kappa shape index (κ3) is 2.97. The van der Waals surface area contributed by atoms with Crippen LogP contribution in [0.4, 0.5) is 0 Å². The van der Waals surface area contributed by atoms with Gasteiger partial charge in [-0.15, -0.1) is 0 Å². The third-order valence-electron chi connectivity index (χ3n) is 3.23. The summed E-state index contributed by atoms with van der Waals surface area (Å²) < 4.78 is 4.83. The van der Waals surface area contributed by atoms with Crippen molar-refractivity contribution in [3.63, 3.8) is 0 Å². The van der Waals surface area contributed by atoms with Gasteiger partial charge in [-0.05, 0) is 32.1 Å². The first kappa shape index (κ1) is 13.5. The summed E-state index contributed by atoms with van der Waals surface area (Å²) in [4.78, 5) is 13.8. The summed E-state index contributed by atoms with van der Waals surface area (Å²) in [6.07, 6.45) is 2.01. The van der Waals surface area contributed by atoms with Crippen LogP contribution in [-0.2, 0) is 9.53 Å². The Bertz CT molecular complexity index is 266. The molecule has 3 nitrogen and oxygen atoms in total. The number of ether oxygens (including phenoxy) is 1. The van der Waals surface area contributed by atoms with E-state index in [1.807, 2.05) is 0 Å². The molecule has 0 spiro atoms. The lowest BCUT2D eigenvalue weighted by molar-refractivity contribution is -0.158. The van der Waals surface area contributed by atoms with E-state index in [4.69, 9.17) is 4.74 Å². The Morgan fingerprint density at radius 2 is 1.88 bits per heavy atom. The highest BCUT2D eigenvalue weighted by Gasteiger charge is 2.44. The number of nitrogens with zero attached hydrogens (tertiary/aromatic N) is 1. The van der Waals surface area contributed by atoms with Crippen molar-refractivity contribution in [2.75, 3.05) is 13.7 Å². The second-order valence-electron chi connectivity index (χ2n) is 6.57. The highest BCUT2D eigenvalue weighted by atomic mass is 16.5. The van der Waals surface area contributed by atoms with E-state index in [1.165, 1.54) is 7.11 Å². The van der Waals surface area contributed by atoms with Crippen molar-refractivity contribution < 1.29 is 9.53 Å². The fourth-order valence-electron chi connectivity index (χ4n) is 2.89. The van der Waals surface area contributed by atoms with Crippen LogP contribution in [0, 0.1) is 5.41 Å². The van der Waals surface area contributed by atoms with Crippen LogP contribution in [0.1, 0.15) is 47.5 Å². The molecule has 1 rings (SSSR count). The quantitative estimate of drug-likeness (QED) is 0.694. The number of rotatable bonds is 3. The highest BCUT2D eigenvalue weighted by Crippen LogP contribution is 2.36. The highest BCUT2D eigenvalue weighted by molar-refractivity contribution is 5.76. The summed E-state index contributed by atoms with van der Waals surface area (Å²) in [7, 11) is 1.47. The van der Waals surface area contributed by atoms with E-state index in [9.17, 15) is 4.79 Å². The van der Waals surface area contributed by atoms with Crippen LogP contribution in [0.5, 0.6) is 0 Å². The largest absolute Gasteiger partial charge is 0.468 e. The van der Waals surface area contributed by atoms with Crippen LogP contribution in [0.3, 0.4) is 0 Å². The number of carbonyl (C=O) groups excluding carboxylic acids is 1. The minimum Gasteiger partial charge on any atom is -0.468 e. The van der Waals surface area contributed by atoms with E-state index >= 15 is 0 Å². The van der Waals surface area contributed by atoms with Gasteiger partial charge in [0.1, 0.15) is 6.04 Å². The maximum Gasteiger partial charge on any atom is 0.323 e. The van der Waals surface area contributed by atoms with Crippen molar-refractivity contribution in [2.45, 2.75) is 59.0 Å². The molecule has 94 valence electrons. The van der Waals surface area contributed by atoms with Crippen molar-refractivity contribution in [1.29, 1.82) is 0 Å². The van der Waals surface area contributed by atoms with E-state index in [2.05, 4.69) is 39.5 Å². The number of carbonyl (C=O) groups is 1. The van der Waals surface area contributed by atoms with Gasteiger partial charge in [0.2, 0.25) is 0 Å². The normalized spacial score (nSPS) is 22.8. The number of likely N-dealkylation sites (tertiary alicyclic amines) is 1. The predicted molar refractivity (Wildman–Crippen MR) is 65.3 cm³/mol. The Labute approximate surface area is 99.1 Å². The summed E-state index contributed by atoms with van der Waals surface area (Å²) in [5.41, 5.74) is 0.342. The standard InChI is InChI=1S/C13H25NO2/c1-12(2,3)9-13(4,5)14-8-7-10(14)11(15)16-6/h10H,7-9H2,1-6H3. The second-order valence-corrected chi connectivity index (χ2v) is 6.57. The average Bonchev–Trinajstić information content (AvgIpc) is 1.95. The molecular weight excluding hydrogens is 202 g/mol. The van der Waals surface area contributed by atoms with Gasteiger partial charge in [0.15, 0.2) is 0 Å². The van der Waals surface area contributed by atoms with Crippen LogP contribution < -0.4 is 0 Å². The van der Waals surface area contributed by atoms with Crippen molar-refractivity contribution >= 4 is 5.97 Å². The smallest absolute Gasteiger partial charge is 0.323 e. The van der Waals surface area contributed by atoms with E-state index in [0.29, 0.717) is 0 Å². The molecule has 1 aliphatic rings. The SMILES string of the molecule is COC(=O)C1CCN1C(C)(C)CC(C)(C)C. The zero-order chi connectivity index (χ0) is 12.6. The molecule has 1 fully saturated rings. The number of esters is 1. The van der Waals surface area contributed by atoms with Gasteiger partial charge in [0.25, 0.3) is 0 Å². The fraction of sp³-hybridized carbons (Fsp3) is 0.923. The first-order chi connectivity index (χ1) is 7.17. The molecule has 0 aromatic carbocycles. The van der Waals surface area contributed by atoms with Gasteiger partial charge in [0, 0.05) is 12.1 Å². The zero-order valence-corrected chi connectivity index (χ0v) is 11.5. The van der Waals surface area contributed by atoms with Gasteiger partial charge in [-0.3, -0.25) is 9.69 Å². The molecule has 1 atom stereocenters. The first-order valence-corrected chi connectivity index (χ1v) is 6.02. The molecule has 0 bridgehead atoms. The van der Waals surface area contributed by atoms with Gasteiger partial charge in [-0.2, -0.15) is 0 Å². The molecule has 0 saturated carbocycles. The summed E-state index contributed by atoms with van der Waals surface area (Å²) >= 11 is 0. The average molecular weight is 227 g/mol. The molecule has 0 amide bonds. The molecule has 0 N–H and O–H groups in total. The maximum atomic E-state index is 11.6. The lowest BCUT2D eigenvalue weighted by Crippen LogP contribution is -2.62. The van der Waals surface area contributed by atoms with Gasteiger partial charge < -0.3 is 4.74 Å². The number of hydrogen-bond acceptors (Lipinski definition) is 3. The molecule has 3 heteroatoms. The molecule has 0 aliphatic carbocycles.